The van der Waals surface area contributed by atoms with Gasteiger partial charge in [-0.3, -0.25) is 0 Å². The van der Waals surface area contributed by atoms with Crippen LogP contribution in [-0.2, 0) is 12.6 Å². The summed E-state index contributed by atoms with van der Waals surface area (Å²) in [5, 5.41) is 0. The molecule has 0 saturated carbocycles. The summed E-state index contributed by atoms with van der Waals surface area (Å²) in [6, 6.07) is 5.51. The zero-order chi connectivity index (χ0) is 10.8. The van der Waals surface area contributed by atoms with Crippen LogP contribution in [0, 0.1) is 0 Å². The average molecular weight is 204 g/mol. The van der Waals surface area contributed by atoms with E-state index in [9.17, 15) is 13.2 Å². The van der Waals surface area contributed by atoms with Crippen LogP contribution in [0.1, 0.15) is 18.1 Å². The summed E-state index contributed by atoms with van der Waals surface area (Å²) in [4.78, 5) is 0. The van der Waals surface area contributed by atoms with Gasteiger partial charge in [0.05, 0.1) is 11.6 Å². The molecule has 0 bridgehead atoms. The van der Waals surface area contributed by atoms with E-state index in [0.29, 0.717) is 12.0 Å². The molecule has 1 aromatic rings. The number of alkyl halides is 3. The maximum Gasteiger partial charge on any atom is 0.416 e. The minimum absolute atomic E-state index is 0.124. The Balaban J connectivity index is 2.90. The van der Waals surface area contributed by atoms with Gasteiger partial charge in [-0.2, -0.15) is 13.2 Å². The van der Waals surface area contributed by atoms with Crippen LogP contribution in [0.3, 0.4) is 0 Å². The first-order valence-corrected chi connectivity index (χ1v) is 4.39. The van der Waals surface area contributed by atoms with Crippen LogP contribution in [0.5, 0.6) is 0 Å². The van der Waals surface area contributed by atoms with Crippen molar-refractivity contribution in [1.29, 1.82) is 0 Å². The van der Waals surface area contributed by atoms with Gasteiger partial charge in [0.15, 0.2) is 0 Å². The molecule has 0 fully saturated rings. The second kappa shape index (κ2) is 4.00. The molecule has 4 heteroatoms. The van der Waals surface area contributed by atoms with Crippen molar-refractivity contribution in [2.45, 2.75) is 25.6 Å². The van der Waals surface area contributed by atoms with E-state index in [4.69, 9.17) is 0 Å². The van der Waals surface area contributed by atoms with Gasteiger partial charge >= 0.3 is 6.18 Å². The SMILES string of the molecule is C[C@H]([NH3+])Cc1cccc(C(F)(F)F)c1. The Kier molecular flexibility index (Phi) is 3.16. The third kappa shape index (κ3) is 3.03. The molecule has 0 aromatic heterocycles. The molecule has 0 amide bonds. The lowest BCUT2D eigenvalue weighted by molar-refractivity contribution is -0.413. The van der Waals surface area contributed by atoms with Gasteiger partial charge in [0.2, 0.25) is 0 Å². The second-order valence-corrected chi connectivity index (χ2v) is 3.51. The second-order valence-electron chi connectivity index (χ2n) is 3.51. The molecule has 78 valence electrons. The number of rotatable bonds is 2. The van der Waals surface area contributed by atoms with Gasteiger partial charge in [0.1, 0.15) is 0 Å². The summed E-state index contributed by atoms with van der Waals surface area (Å²) in [5.74, 6) is 0. The normalized spacial score (nSPS) is 14.1. The summed E-state index contributed by atoms with van der Waals surface area (Å²) >= 11 is 0. The Morgan fingerprint density at radius 3 is 2.50 bits per heavy atom. The van der Waals surface area contributed by atoms with Crippen molar-refractivity contribution >= 4 is 0 Å². The number of halogens is 3. The van der Waals surface area contributed by atoms with E-state index in [2.05, 4.69) is 5.73 Å². The molecule has 1 rings (SSSR count). The van der Waals surface area contributed by atoms with Crippen LogP contribution < -0.4 is 5.73 Å². The minimum Gasteiger partial charge on any atom is -0.355 e. The number of quaternary nitrogens is 1. The minimum atomic E-state index is -4.25. The number of hydrogen-bond acceptors (Lipinski definition) is 0. The summed E-state index contributed by atoms with van der Waals surface area (Å²) < 4.78 is 36.9. The zero-order valence-corrected chi connectivity index (χ0v) is 7.93. The maximum atomic E-state index is 12.3. The predicted octanol–water partition coefficient (Wildman–Crippen LogP) is 1.88. The smallest absolute Gasteiger partial charge is 0.355 e. The fourth-order valence-corrected chi connectivity index (χ4v) is 1.28. The summed E-state index contributed by atoms with van der Waals surface area (Å²) in [6.45, 7) is 1.88. The third-order valence-corrected chi connectivity index (χ3v) is 1.84. The molecule has 0 heterocycles. The molecule has 1 nitrogen and oxygen atoms in total. The van der Waals surface area contributed by atoms with Crippen molar-refractivity contribution in [3.63, 3.8) is 0 Å². The van der Waals surface area contributed by atoms with Gasteiger partial charge < -0.3 is 5.73 Å². The highest BCUT2D eigenvalue weighted by Gasteiger charge is 2.30. The van der Waals surface area contributed by atoms with Gasteiger partial charge in [-0.25, -0.2) is 0 Å². The molecule has 0 unspecified atom stereocenters. The van der Waals surface area contributed by atoms with Crippen molar-refractivity contribution in [2.75, 3.05) is 0 Å². The van der Waals surface area contributed by atoms with Gasteiger partial charge in [-0.05, 0) is 18.6 Å². The summed E-state index contributed by atoms with van der Waals surface area (Å²) in [7, 11) is 0. The Morgan fingerprint density at radius 1 is 1.36 bits per heavy atom. The third-order valence-electron chi connectivity index (χ3n) is 1.84. The predicted molar refractivity (Wildman–Crippen MR) is 47.5 cm³/mol. The molecule has 0 aliphatic rings. The Labute approximate surface area is 80.7 Å². The quantitative estimate of drug-likeness (QED) is 0.761. The van der Waals surface area contributed by atoms with Crippen LogP contribution in [0.25, 0.3) is 0 Å². The van der Waals surface area contributed by atoms with E-state index in [-0.39, 0.29) is 6.04 Å². The van der Waals surface area contributed by atoms with E-state index >= 15 is 0 Å². The highest BCUT2D eigenvalue weighted by atomic mass is 19.4. The summed E-state index contributed by atoms with van der Waals surface area (Å²) in [5.41, 5.74) is 3.84. The monoisotopic (exact) mass is 204 g/mol. The standard InChI is InChI=1S/C10H12F3N/c1-7(14)5-8-3-2-4-9(6-8)10(11,12)13/h2-4,6-7H,5,14H2,1H3/p+1/t7-/m0/s1. The van der Waals surface area contributed by atoms with Crippen LogP contribution >= 0.6 is 0 Å². The van der Waals surface area contributed by atoms with Crippen molar-refractivity contribution in [3.05, 3.63) is 35.4 Å². The van der Waals surface area contributed by atoms with Crippen LogP contribution in [0.15, 0.2) is 24.3 Å². The van der Waals surface area contributed by atoms with Gasteiger partial charge in [-0.15, -0.1) is 0 Å². The molecular weight excluding hydrogens is 191 g/mol. The molecule has 1 aromatic carbocycles. The molecule has 14 heavy (non-hydrogen) atoms. The van der Waals surface area contributed by atoms with Crippen LogP contribution in [0.4, 0.5) is 13.2 Å². The maximum absolute atomic E-state index is 12.3. The van der Waals surface area contributed by atoms with Crippen LogP contribution in [0.2, 0.25) is 0 Å². The van der Waals surface area contributed by atoms with Gasteiger partial charge in [-0.1, -0.05) is 18.2 Å². The van der Waals surface area contributed by atoms with E-state index < -0.39 is 11.7 Å². The largest absolute Gasteiger partial charge is 0.416 e. The average Bonchev–Trinajstić information content (AvgIpc) is 2.01. The molecule has 0 spiro atoms. The fraction of sp³-hybridized carbons (Fsp3) is 0.400. The van der Waals surface area contributed by atoms with Crippen molar-refractivity contribution in [1.82, 2.24) is 0 Å². The van der Waals surface area contributed by atoms with E-state index in [1.54, 1.807) is 6.07 Å². The first-order chi connectivity index (χ1) is 6.39. The summed E-state index contributed by atoms with van der Waals surface area (Å²) in [6.07, 6.45) is -3.68. The molecule has 0 saturated heterocycles. The highest BCUT2D eigenvalue weighted by Crippen LogP contribution is 2.29. The molecule has 3 N–H and O–H groups in total. The zero-order valence-electron chi connectivity index (χ0n) is 7.93. The Morgan fingerprint density at radius 2 is 2.00 bits per heavy atom. The van der Waals surface area contributed by atoms with Crippen molar-refractivity contribution < 1.29 is 18.9 Å². The number of hydrogen-bond donors (Lipinski definition) is 1. The number of benzene rings is 1. The van der Waals surface area contributed by atoms with E-state index in [1.165, 1.54) is 12.1 Å². The topological polar surface area (TPSA) is 27.6 Å². The van der Waals surface area contributed by atoms with Crippen molar-refractivity contribution in [3.8, 4) is 0 Å². The molecule has 1 atom stereocenters. The first kappa shape index (κ1) is 11.0. The molecule has 0 aliphatic heterocycles. The lowest BCUT2D eigenvalue weighted by Gasteiger charge is -2.08. The van der Waals surface area contributed by atoms with Gasteiger partial charge in [0.25, 0.3) is 0 Å². The molecule has 0 aliphatic carbocycles. The lowest BCUT2D eigenvalue weighted by Crippen LogP contribution is -2.60. The molecule has 0 radical (unpaired) electrons. The Hall–Kier alpha value is -1.03. The van der Waals surface area contributed by atoms with Crippen LogP contribution in [-0.4, -0.2) is 6.04 Å². The lowest BCUT2D eigenvalue weighted by atomic mass is 10.0. The highest BCUT2D eigenvalue weighted by molar-refractivity contribution is 5.25. The van der Waals surface area contributed by atoms with E-state index in [1.807, 2.05) is 6.92 Å². The van der Waals surface area contributed by atoms with Crippen molar-refractivity contribution in [2.24, 2.45) is 0 Å². The van der Waals surface area contributed by atoms with E-state index in [0.717, 1.165) is 6.07 Å². The fourth-order valence-electron chi connectivity index (χ4n) is 1.28. The Bertz CT molecular complexity index is 304. The first-order valence-electron chi connectivity index (χ1n) is 4.39. The van der Waals surface area contributed by atoms with Gasteiger partial charge in [0, 0.05) is 6.42 Å². The molecular formula is C10H13F3N+.